The van der Waals surface area contributed by atoms with Crippen molar-refractivity contribution in [3.8, 4) is 51.3 Å². The van der Waals surface area contributed by atoms with Crippen molar-refractivity contribution in [2.45, 2.75) is 0 Å². The van der Waals surface area contributed by atoms with Gasteiger partial charge in [0.25, 0.3) is 0 Å². The van der Waals surface area contributed by atoms with Crippen LogP contribution < -0.4 is 0 Å². The summed E-state index contributed by atoms with van der Waals surface area (Å²) in [5.74, 6) is 2.33. The second-order valence-electron chi connectivity index (χ2n) is 13.5. The highest BCUT2D eigenvalue weighted by molar-refractivity contribution is 6.26. The summed E-state index contributed by atoms with van der Waals surface area (Å²) < 4.78 is 8.78. The third-order valence-electron chi connectivity index (χ3n) is 10.3. The zero-order valence-electron chi connectivity index (χ0n) is 28.9. The molecular formula is C48H29N5O. The van der Waals surface area contributed by atoms with E-state index in [1.807, 2.05) is 42.5 Å². The van der Waals surface area contributed by atoms with Gasteiger partial charge in [-0.05, 0) is 69.8 Å². The molecule has 0 aliphatic rings. The van der Waals surface area contributed by atoms with Crippen molar-refractivity contribution in [1.29, 1.82) is 0 Å². The fourth-order valence-corrected chi connectivity index (χ4v) is 7.69. The minimum absolute atomic E-state index is 0.536. The molecule has 0 saturated carbocycles. The van der Waals surface area contributed by atoms with Crippen LogP contribution in [0.5, 0.6) is 0 Å². The monoisotopic (exact) mass is 691 g/mol. The van der Waals surface area contributed by atoms with Crippen LogP contribution in [0.1, 0.15) is 0 Å². The average Bonchev–Trinajstić information content (AvgIpc) is 3.84. The normalized spacial score (nSPS) is 11.7. The Bertz CT molecular complexity index is 3220. The highest BCUT2D eigenvalue weighted by Gasteiger charge is 2.22. The van der Waals surface area contributed by atoms with E-state index in [4.69, 9.17) is 24.4 Å². The van der Waals surface area contributed by atoms with Gasteiger partial charge in [0.05, 0.1) is 11.0 Å². The van der Waals surface area contributed by atoms with Crippen LogP contribution in [0.3, 0.4) is 0 Å². The predicted octanol–water partition coefficient (Wildman–Crippen LogP) is 12.1. The first-order valence-corrected chi connectivity index (χ1v) is 18.0. The van der Waals surface area contributed by atoms with Crippen LogP contribution in [0.4, 0.5) is 0 Å². The van der Waals surface area contributed by atoms with Gasteiger partial charge in [0, 0.05) is 32.8 Å². The van der Waals surface area contributed by atoms with E-state index in [1.54, 1.807) is 0 Å². The summed E-state index contributed by atoms with van der Waals surface area (Å²) >= 11 is 0. The quantitative estimate of drug-likeness (QED) is 0.180. The minimum Gasteiger partial charge on any atom is -0.435 e. The number of aromatic nitrogens is 5. The molecule has 0 atom stereocenters. The molecule has 11 aromatic rings. The third kappa shape index (κ3) is 4.89. The minimum atomic E-state index is 0.536. The smallest absolute Gasteiger partial charge is 0.238 e. The van der Waals surface area contributed by atoms with E-state index in [1.165, 1.54) is 0 Å². The van der Waals surface area contributed by atoms with Crippen LogP contribution in [-0.2, 0) is 0 Å². The maximum absolute atomic E-state index is 6.61. The lowest BCUT2D eigenvalue weighted by molar-refractivity contribution is 0.623. The van der Waals surface area contributed by atoms with Crippen LogP contribution in [0.2, 0.25) is 0 Å². The first-order chi connectivity index (χ1) is 26.7. The SMILES string of the molecule is c1ccc(-c2cccc(-c3nc(-c4ccc5ccccc5c4)nc(-n4c5ccccc5c5c6c(ccc7nc(-c8ccccc8)oc76)ccc54)n3)c2)cc1. The summed E-state index contributed by atoms with van der Waals surface area (Å²) in [6.45, 7) is 0. The van der Waals surface area contributed by atoms with Gasteiger partial charge in [-0.15, -0.1) is 0 Å². The van der Waals surface area contributed by atoms with Gasteiger partial charge in [0.2, 0.25) is 11.8 Å². The Balaban J connectivity index is 1.19. The van der Waals surface area contributed by atoms with Crippen LogP contribution >= 0.6 is 0 Å². The Kier molecular flexibility index (Phi) is 6.75. The molecule has 0 N–H and O–H groups in total. The van der Waals surface area contributed by atoms with E-state index in [0.29, 0.717) is 23.5 Å². The van der Waals surface area contributed by atoms with Gasteiger partial charge in [-0.2, -0.15) is 9.97 Å². The first kappa shape index (κ1) is 30.2. The average molecular weight is 692 g/mol. The second kappa shape index (κ2) is 12.1. The highest BCUT2D eigenvalue weighted by Crippen LogP contribution is 2.41. The summed E-state index contributed by atoms with van der Waals surface area (Å²) in [5, 5.41) is 6.50. The lowest BCUT2D eigenvalue weighted by Gasteiger charge is -2.12. The Morgan fingerprint density at radius 3 is 1.87 bits per heavy atom. The van der Waals surface area contributed by atoms with Crippen molar-refractivity contribution < 1.29 is 4.42 Å². The van der Waals surface area contributed by atoms with Gasteiger partial charge in [-0.25, -0.2) is 9.97 Å². The molecule has 8 aromatic carbocycles. The van der Waals surface area contributed by atoms with Gasteiger partial charge in [-0.3, -0.25) is 4.57 Å². The van der Waals surface area contributed by atoms with Crippen LogP contribution in [0.25, 0.3) is 106 Å². The molecule has 0 fully saturated rings. The maximum Gasteiger partial charge on any atom is 0.238 e. The van der Waals surface area contributed by atoms with Crippen molar-refractivity contribution in [2.75, 3.05) is 0 Å². The fraction of sp³-hybridized carbons (Fsp3) is 0. The first-order valence-electron chi connectivity index (χ1n) is 18.0. The second-order valence-corrected chi connectivity index (χ2v) is 13.5. The molecule has 0 saturated heterocycles. The molecular weight excluding hydrogens is 663 g/mol. The van der Waals surface area contributed by atoms with Gasteiger partial charge in [0.1, 0.15) is 5.52 Å². The molecule has 11 rings (SSSR count). The Morgan fingerprint density at radius 1 is 0.389 bits per heavy atom. The number of hydrogen-bond acceptors (Lipinski definition) is 5. The number of benzene rings is 8. The molecule has 0 spiro atoms. The molecule has 252 valence electrons. The summed E-state index contributed by atoms with van der Waals surface area (Å²) in [4.78, 5) is 20.6. The van der Waals surface area contributed by atoms with Crippen LogP contribution in [-0.4, -0.2) is 24.5 Å². The summed E-state index contributed by atoms with van der Waals surface area (Å²) in [6.07, 6.45) is 0. The molecule has 0 aliphatic carbocycles. The van der Waals surface area contributed by atoms with Crippen molar-refractivity contribution in [3.63, 3.8) is 0 Å². The standard InChI is InChI=1S/C48H29N5O/c1-3-12-30(13-4-1)35-18-11-19-36(28-35)45-50-46(37-23-22-31-14-7-8-17-34(31)29-37)52-48(51-45)53-40-21-10-9-20-38(40)43-41(53)27-25-32-24-26-39-44(42(32)43)54-47(49-39)33-15-5-2-6-16-33/h1-29H. The third-order valence-corrected chi connectivity index (χ3v) is 10.3. The molecule has 3 heterocycles. The fourth-order valence-electron chi connectivity index (χ4n) is 7.69. The van der Waals surface area contributed by atoms with Crippen molar-refractivity contribution in [2.24, 2.45) is 0 Å². The van der Waals surface area contributed by atoms with E-state index < -0.39 is 0 Å². The predicted molar refractivity (Wildman–Crippen MR) is 218 cm³/mol. The number of fused-ring (bicyclic) bond motifs is 8. The Hall–Kier alpha value is -7.44. The van der Waals surface area contributed by atoms with Crippen molar-refractivity contribution >= 4 is 54.5 Å². The molecule has 6 nitrogen and oxygen atoms in total. The molecule has 0 aliphatic heterocycles. The largest absolute Gasteiger partial charge is 0.435 e. The number of rotatable bonds is 5. The Morgan fingerprint density at radius 2 is 1.04 bits per heavy atom. The molecule has 0 bridgehead atoms. The van der Waals surface area contributed by atoms with Gasteiger partial charge in [-0.1, -0.05) is 133 Å². The number of nitrogens with zero attached hydrogens (tertiary/aromatic N) is 5. The van der Waals surface area contributed by atoms with Gasteiger partial charge < -0.3 is 4.42 Å². The zero-order valence-corrected chi connectivity index (χ0v) is 28.9. The van der Waals surface area contributed by atoms with Crippen LogP contribution in [0.15, 0.2) is 180 Å². The summed E-state index contributed by atoms with van der Waals surface area (Å²) in [6, 6.07) is 60.5. The van der Waals surface area contributed by atoms with E-state index in [2.05, 4.69) is 138 Å². The number of para-hydroxylation sites is 1. The zero-order chi connectivity index (χ0) is 35.6. The van der Waals surface area contributed by atoms with E-state index in [0.717, 1.165) is 82.3 Å². The topological polar surface area (TPSA) is 69.6 Å². The van der Waals surface area contributed by atoms with E-state index in [9.17, 15) is 0 Å². The number of oxazole rings is 1. The molecule has 0 amide bonds. The van der Waals surface area contributed by atoms with Crippen LogP contribution in [0, 0.1) is 0 Å². The van der Waals surface area contributed by atoms with Crippen molar-refractivity contribution in [1.82, 2.24) is 24.5 Å². The molecule has 0 unspecified atom stereocenters. The highest BCUT2D eigenvalue weighted by atomic mass is 16.3. The maximum atomic E-state index is 6.61. The molecule has 3 aromatic heterocycles. The lowest BCUT2D eigenvalue weighted by Crippen LogP contribution is -2.06. The summed E-state index contributed by atoms with van der Waals surface area (Å²) in [5.41, 5.74) is 8.50. The molecule has 6 heteroatoms. The summed E-state index contributed by atoms with van der Waals surface area (Å²) in [7, 11) is 0. The van der Waals surface area contributed by atoms with Gasteiger partial charge >= 0.3 is 0 Å². The lowest BCUT2D eigenvalue weighted by atomic mass is 10.0. The molecule has 54 heavy (non-hydrogen) atoms. The van der Waals surface area contributed by atoms with E-state index >= 15 is 0 Å². The Labute approximate surface area is 309 Å². The number of hydrogen-bond donors (Lipinski definition) is 0. The van der Waals surface area contributed by atoms with Gasteiger partial charge in [0.15, 0.2) is 17.2 Å². The van der Waals surface area contributed by atoms with E-state index in [-0.39, 0.29) is 0 Å². The van der Waals surface area contributed by atoms with Crippen molar-refractivity contribution in [3.05, 3.63) is 176 Å². The molecule has 0 radical (unpaired) electrons.